The van der Waals surface area contributed by atoms with E-state index in [1.54, 1.807) is 0 Å². The van der Waals surface area contributed by atoms with Crippen molar-refractivity contribution in [1.29, 1.82) is 0 Å². The van der Waals surface area contributed by atoms with Gasteiger partial charge in [-0.15, -0.1) is 0 Å². The van der Waals surface area contributed by atoms with Crippen molar-refractivity contribution in [3.05, 3.63) is 157 Å². The highest BCUT2D eigenvalue weighted by Crippen LogP contribution is 2.52. The summed E-state index contributed by atoms with van der Waals surface area (Å²) in [6.07, 6.45) is 0.948. The smallest absolute Gasteiger partial charge is 0.281 e. The summed E-state index contributed by atoms with van der Waals surface area (Å²) in [6, 6.07) is 53.4. The minimum absolute atomic E-state index is 0.591. The molecule has 0 amide bonds. The zero-order valence-electron chi connectivity index (χ0n) is 28.0. The summed E-state index contributed by atoms with van der Waals surface area (Å²) in [5.74, 6) is -11.5. The van der Waals surface area contributed by atoms with E-state index in [0.717, 1.165) is 6.42 Å². The highest BCUT2D eigenvalue weighted by molar-refractivity contribution is 7.87. The molecule has 53 heavy (non-hydrogen) atoms. The summed E-state index contributed by atoms with van der Waals surface area (Å²) in [4.78, 5) is 0. The van der Waals surface area contributed by atoms with Crippen LogP contribution in [0.25, 0.3) is 66.1 Å². The van der Waals surface area contributed by atoms with Crippen LogP contribution in [0.5, 0.6) is 0 Å². The van der Waals surface area contributed by atoms with Crippen molar-refractivity contribution < 1.29 is 39.3 Å². The molecule has 1 aliphatic carbocycles. The molecule has 0 spiro atoms. The minimum Gasteiger partial charge on any atom is -0.281 e. The molecule has 0 aromatic heterocycles. The number of halogens is 6. The molecule has 0 aliphatic heterocycles. The first kappa shape index (κ1) is 35.9. The lowest BCUT2D eigenvalue weighted by molar-refractivity contribution is -0.273. The summed E-state index contributed by atoms with van der Waals surface area (Å²) in [5.41, 5.74) is 13.3. The summed E-state index contributed by atoms with van der Waals surface area (Å²) in [5, 5.41) is -1.14. The van der Waals surface area contributed by atoms with Crippen molar-refractivity contribution in [3.8, 4) is 44.5 Å². The maximum absolute atomic E-state index is 12.2. The van der Waals surface area contributed by atoms with E-state index in [2.05, 4.69) is 146 Å². The molecule has 268 valence electrons. The molecule has 8 rings (SSSR count). The first-order valence-corrected chi connectivity index (χ1v) is 18.0. The van der Waals surface area contributed by atoms with E-state index < -0.39 is 34.1 Å². The van der Waals surface area contributed by atoms with Crippen LogP contribution >= 0.6 is 0 Å². The molecule has 0 saturated heterocycles. The second kappa shape index (κ2) is 13.2. The van der Waals surface area contributed by atoms with E-state index in [9.17, 15) is 34.8 Å². The largest absolute Gasteiger partial charge is 0.437 e. The van der Waals surface area contributed by atoms with E-state index in [4.69, 9.17) is 4.55 Å². The Morgan fingerprint density at radius 1 is 0.528 bits per heavy atom. The monoisotopic (exact) mass is 740 g/mol. The van der Waals surface area contributed by atoms with Crippen molar-refractivity contribution in [2.45, 2.75) is 30.4 Å². The highest BCUT2D eigenvalue weighted by Gasteiger charge is 2.75. The Morgan fingerprint density at radius 2 is 1.02 bits per heavy atom. The molecular formula is C43H30F6O3S. The van der Waals surface area contributed by atoms with Gasteiger partial charge in [-0.3, -0.25) is 4.55 Å². The van der Waals surface area contributed by atoms with E-state index >= 15 is 0 Å². The third-order valence-corrected chi connectivity index (χ3v) is 10.5. The van der Waals surface area contributed by atoms with Crippen molar-refractivity contribution in [2.75, 3.05) is 0 Å². The van der Waals surface area contributed by atoms with Gasteiger partial charge in [0.15, 0.2) is 0 Å². The summed E-state index contributed by atoms with van der Waals surface area (Å²) in [7, 11) is -6.61. The Hall–Kier alpha value is -5.45. The lowest BCUT2D eigenvalue weighted by atomic mass is 9.80. The third kappa shape index (κ3) is 6.15. The first-order chi connectivity index (χ1) is 25.1. The highest BCUT2D eigenvalue weighted by atomic mass is 32.2. The van der Waals surface area contributed by atoms with Crippen molar-refractivity contribution in [2.24, 2.45) is 0 Å². The predicted molar refractivity (Wildman–Crippen MR) is 198 cm³/mol. The fourth-order valence-corrected chi connectivity index (χ4v) is 7.52. The zero-order chi connectivity index (χ0) is 37.8. The van der Waals surface area contributed by atoms with Gasteiger partial charge in [-0.25, -0.2) is 0 Å². The van der Waals surface area contributed by atoms with Gasteiger partial charge < -0.3 is 0 Å². The number of hydrogen-bond donors (Lipinski definition) is 1. The number of rotatable bonds is 6. The molecule has 0 heterocycles. The third-order valence-electron chi connectivity index (χ3n) is 9.55. The quantitative estimate of drug-likeness (QED) is 0.136. The summed E-state index contributed by atoms with van der Waals surface area (Å²) in [6.45, 7) is -0.591. The van der Waals surface area contributed by atoms with Gasteiger partial charge in [0.25, 0.3) is 0 Å². The lowest BCUT2D eigenvalue weighted by Gasteiger charge is -2.28. The van der Waals surface area contributed by atoms with Crippen LogP contribution in [0.4, 0.5) is 26.3 Å². The summed E-state index contributed by atoms with van der Waals surface area (Å²) < 4.78 is 99.6. The van der Waals surface area contributed by atoms with Crippen LogP contribution in [0.15, 0.2) is 146 Å². The van der Waals surface area contributed by atoms with Crippen LogP contribution in [0.2, 0.25) is 0 Å². The van der Waals surface area contributed by atoms with Gasteiger partial charge in [0.2, 0.25) is 0 Å². The molecule has 0 bridgehead atoms. The van der Waals surface area contributed by atoms with Crippen molar-refractivity contribution in [1.82, 2.24) is 0 Å². The van der Waals surface area contributed by atoms with Gasteiger partial charge in [-0.05, 0) is 89.7 Å². The predicted octanol–water partition coefficient (Wildman–Crippen LogP) is 12.3. The number of hydrogen-bond acceptors (Lipinski definition) is 2. The second-order valence-corrected chi connectivity index (χ2v) is 14.4. The van der Waals surface area contributed by atoms with Gasteiger partial charge >= 0.3 is 27.2 Å². The maximum Gasteiger partial charge on any atom is 0.437 e. The second-order valence-electron chi connectivity index (χ2n) is 12.9. The van der Waals surface area contributed by atoms with Crippen molar-refractivity contribution in [3.63, 3.8) is 0 Å². The Bertz CT molecular complexity index is 2610. The van der Waals surface area contributed by atoms with Gasteiger partial charge in [-0.2, -0.15) is 34.8 Å². The SMILES string of the molecule is CC(F)(F)C(F)(F)C(F)(F)S(=O)(=O)O.c1ccc(-c2c3c(cc(-c4cccc5ccccc45)c2-c2cccc4ccccc24)-c2ccccc2C3)cc1. The van der Waals surface area contributed by atoms with Crippen LogP contribution < -0.4 is 0 Å². The van der Waals surface area contributed by atoms with Gasteiger partial charge in [0.05, 0.1) is 0 Å². The Morgan fingerprint density at radius 3 is 1.60 bits per heavy atom. The standard InChI is InChI=1S/C39H26.C4H4F6O3S/c1-2-14-28(15-3-1)38-36-24-29-16-6-9-21-32(29)35(36)25-37(33-22-10-17-26-12-4-7-19-30(26)33)39(38)34-23-11-18-27-13-5-8-20-31(27)34;1-2(5,6)3(7,8)4(9,10)14(11,12)13/h1-23,25H,24H2;1H3,(H,11,12,13). The Kier molecular flexibility index (Phi) is 8.95. The Balaban J connectivity index is 0.000000267. The van der Waals surface area contributed by atoms with Gasteiger partial charge in [0, 0.05) is 6.92 Å². The zero-order valence-corrected chi connectivity index (χ0v) is 28.8. The van der Waals surface area contributed by atoms with E-state index in [1.165, 1.54) is 77.2 Å². The van der Waals surface area contributed by atoms with E-state index in [-0.39, 0.29) is 0 Å². The van der Waals surface area contributed by atoms with Gasteiger partial charge in [0.1, 0.15) is 0 Å². The molecular weight excluding hydrogens is 711 g/mol. The minimum atomic E-state index is -6.61. The number of alkyl halides is 6. The Labute approximate surface area is 301 Å². The topological polar surface area (TPSA) is 54.4 Å². The molecule has 1 aliphatic rings. The average molecular weight is 741 g/mol. The average Bonchev–Trinajstić information content (AvgIpc) is 3.51. The van der Waals surface area contributed by atoms with E-state index in [0.29, 0.717) is 0 Å². The molecule has 7 aromatic carbocycles. The van der Waals surface area contributed by atoms with Crippen LogP contribution in [0.3, 0.4) is 0 Å². The lowest BCUT2D eigenvalue weighted by Crippen LogP contribution is -2.56. The van der Waals surface area contributed by atoms with Crippen molar-refractivity contribution >= 4 is 31.7 Å². The van der Waals surface area contributed by atoms with E-state index in [1.807, 2.05) is 0 Å². The molecule has 0 unspecified atom stereocenters. The molecule has 3 nitrogen and oxygen atoms in total. The fourth-order valence-electron chi connectivity index (χ4n) is 7.01. The molecule has 0 atom stereocenters. The van der Waals surface area contributed by atoms with Crippen LogP contribution in [0, 0.1) is 0 Å². The first-order valence-electron chi connectivity index (χ1n) is 16.5. The molecule has 0 saturated carbocycles. The number of fused-ring (bicyclic) bond motifs is 5. The normalized spacial score (nSPS) is 13.0. The number of benzene rings is 7. The molecule has 0 radical (unpaired) electrons. The van der Waals surface area contributed by atoms with Crippen LogP contribution in [-0.4, -0.2) is 30.1 Å². The molecule has 10 heteroatoms. The van der Waals surface area contributed by atoms with Crippen LogP contribution in [-0.2, 0) is 16.5 Å². The molecule has 0 fully saturated rings. The summed E-state index contributed by atoms with van der Waals surface area (Å²) >= 11 is 0. The van der Waals surface area contributed by atoms with Crippen LogP contribution in [0.1, 0.15) is 18.1 Å². The maximum atomic E-state index is 12.2. The van der Waals surface area contributed by atoms with Gasteiger partial charge in [-0.1, -0.05) is 140 Å². The fraction of sp³-hybridized carbons (Fsp3) is 0.116. The molecule has 7 aromatic rings. The molecule has 1 N–H and O–H groups in total.